The van der Waals surface area contributed by atoms with Crippen molar-refractivity contribution in [2.75, 3.05) is 6.54 Å². The van der Waals surface area contributed by atoms with Crippen LogP contribution in [0, 0.1) is 6.92 Å². The van der Waals surface area contributed by atoms with E-state index in [9.17, 15) is 5.11 Å². The molecule has 1 unspecified atom stereocenters. The highest BCUT2D eigenvalue weighted by Gasteiger charge is 2.33. The summed E-state index contributed by atoms with van der Waals surface area (Å²) in [7, 11) is 0. The van der Waals surface area contributed by atoms with Gasteiger partial charge in [-0.1, -0.05) is 60.1 Å². The Labute approximate surface area is 205 Å². The van der Waals surface area contributed by atoms with Gasteiger partial charge in [0.05, 0.1) is 23.0 Å². The van der Waals surface area contributed by atoms with Crippen LogP contribution in [0.15, 0.2) is 84.9 Å². The molecule has 1 aromatic heterocycles. The first-order chi connectivity index (χ1) is 16.6. The molecule has 174 valence electrons. The van der Waals surface area contributed by atoms with Gasteiger partial charge in [-0.2, -0.15) is 5.10 Å². The molecule has 1 fully saturated rings. The Morgan fingerprint density at radius 1 is 1.00 bits per heavy atom. The molecular weight excluding hydrogens is 446 g/mol. The summed E-state index contributed by atoms with van der Waals surface area (Å²) < 4.78 is 8.27. The number of aliphatic hydroxyl groups excluding tert-OH is 1. The molecule has 0 spiro atoms. The van der Waals surface area contributed by atoms with Gasteiger partial charge in [-0.15, -0.1) is 0 Å². The molecule has 0 radical (unpaired) electrons. The summed E-state index contributed by atoms with van der Waals surface area (Å²) in [5.74, 6) is 1.39. The van der Waals surface area contributed by atoms with Crippen molar-refractivity contribution in [3.05, 3.63) is 107 Å². The van der Waals surface area contributed by atoms with E-state index in [0.29, 0.717) is 35.8 Å². The molecule has 4 aromatic rings. The second-order valence-electron chi connectivity index (χ2n) is 8.76. The molecule has 6 heteroatoms. The number of benzene rings is 3. The Morgan fingerprint density at radius 2 is 1.65 bits per heavy atom. The van der Waals surface area contributed by atoms with Gasteiger partial charge in [0.2, 0.25) is 5.88 Å². The van der Waals surface area contributed by atoms with Crippen molar-refractivity contribution in [2.24, 2.45) is 0 Å². The van der Waals surface area contributed by atoms with Crippen LogP contribution >= 0.6 is 11.6 Å². The van der Waals surface area contributed by atoms with Gasteiger partial charge in [0.1, 0.15) is 5.75 Å². The van der Waals surface area contributed by atoms with Crippen LogP contribution in [0.2, 0.25) is 5.02 Å². The number of ether oxygens (including phenoxy) is 1. The van der Waals surface area contributed by atoms with Crippen molar-refractivity contribution in [2.45, 2.75) is 38.5 Å². The maximum Gasteiger partial charge on any atom is 0.227 e. The van der Waals surface area contributed by atoms with E-state index < -0.39 is 6.10 Å². The lowest BCUT2D eigenvalue weighted by Crippen LogP contribution is -2.30. The maximum absolute atomic E-state index is 10.9. The summed E-state index contributed by atoms with van der Waals surface area (Å²) >= 11 is 6.08. The van der Waals surface area contributed by atoms with E-state index >= 15 is 0 Å². The van der Waals surface area contributed by atoms with Gasteiger partial charge in [-0.25, -0.2) is 4.68 Å². The fourth-order valence-corrected chi connectivity index (χ4v) is 4.30. The SMILES string of the molecule is Cc1nn(-c2ccccc2)c(Oc2ccc(Cl)cc2)c1CN(CC(O)c1ccccc1)C1CC1. The van der Waals surface area contributed by atoms with Crippen LogP contribution in [0.4, 0.5) is 0 Å². The molecule has 5 nitrogen and oxygen atoms in total. The fraction of sp³-hybridized carbons (Fsp3) is 0.250. The quantitative estimate of drug-likeness (QED) is 0.309. The first-order valence-corrected chi connectivity index (χ1v) is 12.0. The lowest BCUT2D eigenvalue weighted by atomic mass is 10.1. The largest absolute Gasteiger partial charge is 0.439 e. The van der Waals surface area contributed by atoms with Crippen molar-refractivity contribution < 1.29 is 9.84 Å². The van der Waals surface area contributed by atoms with E-state index in [-0.39, 0.29) is 0 Å². The van der Waals surface area contributed by atoms with Crippen molar-refractivity contribution >= 4 is 11.6 Å². The first kappa shape index (κ1) is 22.7. The van der Waals surface area contributed by atoms with Crippen LogP contribution in [-0.2, 0) is 6.54 Å². The summed E-state index contributed by atoms with van der Waals surface area (Å²) in [6.07, 6.45) is 1.73. The van der Waals surface area contributed by atoms with E-state index in [4.69, 9.17) is 21.4 Å². The molecular formula is C28H28ClN3O2. The van der Waals surface area contributed by atoms with Gasteiger partial charge >= 0.3 is 0 Å². The maximum atomic E-state index is 10.9. The Balaban J connectivity index is 1.48. The number of aryl methyl sites for hydroxylation is 1. The average molecular weight is 474 g/mol. The second kappa shape index (κ2) is 10.0. The summed E-state index contributed by atoms with van der Waals surface area (Å²) in [6, 6.07) is 27.7. The summed E-state index contributed by atoms with van der Waals surface area (Å²) in [6.45, 7) is 3.23. The Kier molecular flexibility index (Phi) is 6.68. The zero-order chi connectivity index (χ0) is 23.5. The standard InChI is InChI=1S/C28H28ClN3O2/c1-20-26(18-31(23-14-15-23)19-27(33)21-8-4-2-5-9-21)28(34-25-16-12-22(29)13-17-25)32(30-20)24-10-6-3-7-11-24/h2-13,16-17,23,27,33H,14-15,18-19H2,1H3. The van der Waals surface area contributed by atoms with Crippen molar-refractivity contribution in [3.63, 3.8) is 0 Å². The Hall–Kier alpha value is -3.12. The van der Waals surface area contributed by atoms with E-state index in [0.717, 1.165) is 35.3 Å². The molecule has 1 heterocycles. The predicted molar refractivity (Wildman–Crippen MR) is 135 cm³/mol. The van der Waals surface area contributed by atoms with Crippen LogP contribution in [0.5, 0.6) is 11.6 Å². The van der Waals surface area contributed by atoms with E-state index in [1.54, 1.807) is 0 Å². The molecule has 5 rings (SSSR count). The highest BCUT2D eigenvalue weighted by molar-refractivity contribution is 6.30. The van der Waals surface area contributed by atoms with Crippen molar-refractivity contribution in [1.29, 1.82) is 0 Å². The monoisotopic (exact) mass is 473 g/mol. The number of hydrogen-bond acceptors (Lipinski definition) is 4. The lowest BCUT2D eigenvalue weighted by molar-refractivity contribution is 0.104. The third-order valence-electron chi connectivity index (χ3n) is 6.18. The molecule has 0 amide bonds. The highest BCUT2D eigenvalue weighted by atomic mass is 35.5. The minimum atomic E-state index is -0.549. The zero-order valence-electron chi connectivity index (χ0n) is 19.1. The topological polar surface area (TPSA) is 50.5 Å². The molecule has 3 aromatic carbocycles. The molecule has 1 atom stereocenters. The zero-order valence-corrected chi connectivity index (χ0v) is 19.9. The van der Waals surface area contributed by atoms with Crippen LogP contribution in [0.1, 0.15) is 35.8 Å². The van der Waals surface area contributed by atoms with Gasteiger partial charge in [0.15, 0.2) is 0 Å². The molecule has 1 N–H and O–H groups in total. The molecule has 1 aliphatic rings. The van der Waals surface area contributed by atoms with Crippen molar-refractivity contribution in [3.8, 4) is 17.3 Å². The van der Waals surface area contributed by atoms with Crippen LogP contribution in [0.25, 0.3) is 5.69 Å². The van der Waals surface area contributed by atoms with Crippen LogP contribution in [-0.4, -0.2) is 32.4 Å². The van der Waals surface area contributed by atoms with E-state index in [1.165, 1.54) is 0 Å². The number of aliphatic hydroxyl groups is 1. The van der Waals surface area contributed by atoms with Crippen molar-refractivity contribution in [1.82, 2.24) is 14.7 Å². The predicted octanol–water partition coefficient (Wildman–Crippen LogP) is 6.32. The number of rotatable bonds is 9. The summed E-state index contributed by atoms with van der Waals surface area (Å²) in [5, 5.41) is 16.4. The van der Waals surface area contributed by atoms with Crippen LogP contribution < -0.4 is 4.74 Å². The van der Waals surface area contributed by atoms with E-state index in [2.05, 4.69) is 4.90 Å². The highest BCUT2D eigenvalue weighted by Crippen LogP contribution is 2.36. The molecule has 0 aliphatic heterocycles. The number of para-hydroxylation sites is 1. The van der Waals surface area contributed by atoms with Gasteiger partial charge < -0.3 is 9.84 Å². The molecule has 0 bridgehead atoms. The number of nitrogens with zero attached hydrogens (tertiary/aromatic N) is 3. The molecule has 34 heavy (non-hydrogen) atoms. The Morgan fingerprint density at radius 3 is 2.29 bits per heavy atom. The smallest absolute Gasteiger partial charge is 0.227 e. The lowest BCUT2D eigenvalue weighted by Gasteiger charge is -2.25. The van der Waals surface area contributed by atoms with Gasteiger partial charge in [0, 0.05) is 24.2 Å². The fourth-order valence-electron chi connectivity index (χ4n) is 4.17. The van der Waals surface area contributed by atoms with Gasteiger partial charge in [-0.3, -0.25) is 4.90 Å². The second-order valence-corrected chi connectivity index (χ2v) is 9.20. The number of aromatic nitrogens is 2. The van der Waals surface area contributed by atoms with Gasteiger partial charge in [-0.05, 0) is 61.7 Å². The molecule has 1 saturated carbocycles. The molecule has 0 saturated heterocycles. The van der Waals surface area contributed by atoms with Crippen LogP contribution in [0.3, 0.4) is 0 Å². The minimum absolute atomic E-state index is 0.459. The molecule has 1 aliphatic carbocycles. The van der Waals surface area contributed by atoms with E-state index in [1.807, 2.05) is 96.5 Å². The average Bonchev–Trinajstić information content (AvgIpc) is 3.67. The number of hydrogen-bond donors (Lipinski definition) is 1. The number of halogens is 1. The Bertz CT molecular complexity index is 1220. The normalized spacial score (nSPS) is 14.4. The first-order valence-electron chi connectivity index (χ1n) is 11.6. The summed E-state index contributed by atoms with van der Waals surface area (Å²) in [4.78, 5) is 2.35. The van der Waals surface area contributed by atoms with Gasteiger partial charge in [0.25, 0.3) is 0 Å². The summed E-state index contributed by atoms with van der Waals surface area (Å²) in [5.41, 5.74) is 3.80. The third kappa shape index (κ3) is 5.17. The minimum Gasteiger partial charge on any atom is -0.439 e. The third-order valence-corrected chi connectivity index (χ3v) is 6.43.